The van der Waals surface area contributed by atoms with E-state index >= 15 is 0 Å². The van der Waals surface area contributed by atoms with Crippen LogP contribution in [0.5, 0.6) is 5.75 Å². The molecular formula is C28H24N4O2S. The van der Waals surface area contributed by atoms with Crippen LogP contribution in [0.4, 0.5) is 0 Å². The van der Waals surface area contributed by atoms with Crippen molar-refractivity contribution in [1.82, 2.24) is 19.9 Å². The second-order valence-electron chi connectivity index (χ2n) is 8.06. The molecule has 3 heterocycles. The van der Waals surface area contributed by atoms with Gasteiger partial charge in [-0.05, 0) is 59.8 Å². The van der Waals surface area contributed by atoms with Gasteiger partial charge in [0.2, 0.25) is 0 Å². The topological polar surface area (TPSA) is 68.5 Å². The van der Waals surface area contributed by atoms with Crippen LogP contribution in [0, 0.1) is 0 Å². The molecule has 0 aliphatic rings. The molecule has 0 aliphatic heterocycles. The van der Waals surface area contributed by atoms with Crippen molar-refractivity contribution in [2.24, 2.45) is 0 Å². The van der Waals surface area contributed by atoms with Crippen molar-refractivity contribution < 1.29 is 9.53 Å². The molecular weight excluding hydrogens is 456 g/mol. The Kier molecular flexibility index (Phi) is 6.68. The second-order valence-corrected chi connectivity index (χ2v) is 9.01. The van der Waals surface area contributed by atoms with Gasteiger partial charge >= 0.3 is 0 Å². The van der Waals surface area contributed by atoms with Crippen molar-refractivity contribution in [2.75, 3.05) is 0 Å². The number of hydrogen-bond donors (Lipinski definition) is 1. The number of thiophene rings is 1. The number of carbonyl (C=O) groups excluding carboxylic acids is 1. The van der Waals surface area contributed by atoms with E-state index in [1.54, 1.807) is 0 Å². The molecule has 0 spiro atoms. The van der Waals surface area contributed by atoms with Crippen LogP contribution < -0.4 is 10.1 Å². The predicted molar refractivity (Wildman–Crippen MR) is 139 cm³/mol. The number of carbonyl (C=O) groups is 1. The molecule has 1 atom stereocenters. The summed E-state index contributed by atoms with van der Waals surface area (Å²) < 4.78 is 7.86. The quantitative estimate of drug-likeness (QED) is 0.286. The molecule has 1 N–H and O–H groups in total. The van der Waals surface area contributed by atoms with E-state index in [2.05, 4.69) is 15.5 Å². The van der Waals surface area contributed by atoms with Gasteiger partial charge in [-0.3, -0.25) is 9.20 Å². The summed E-state index contributed by atoms with van der Waals surface area (Å²) >= 11 is 1.52. The summed E-state index contributed by atoms with van der Waals surface area (Å²) in [6, 6.07) is 27.1. The molecule has 5 aromatic rings. The molecule has 5 rings (SSSR count). The zero-order valence-corrected chi connectivity index (χ0v) is 20.0. The number of benzene rings is 2. The van der Waals surface area contributed by atoms with Crippen LogP contribution in [0.2, 0.25) is 0 Å². The van der Waals surface area contributed by atoms with E-state index in [0.717, 1.165) is 27.4 Å². The minimum atomic E-state index is -0.330. The number of nitrogens with one attached hydrogen (secondary N) is 1. The number of amides is 1. The third-order valence-electron chi connectivity index (χ3n) is 5.52. The van der Waals surface area contributed by atoms with Crippen molar-refractivity contribution in [1.29, 1.82) is 0 Å². The molecule has 3 aromatic heterocycles. The van der Waals surface area contributed by atoms with Crippen LogP contribution in [0.25, 0.3) is 17.3 Å². The Morgan fingerprint density at radius 2 is 1.89 bits per heavy atom. The Hall–Kier alpha value is -4.23. The monoisotopic (exact) mass is 480 g/mol. The van der Waals surface area contributed by atoms with Gasteiger partial charge in [-0.1, -0.05) is 54.6 Å². The molecule has 0 radical (unpaired) electrons. The van der Waals surface area contributed by atoms with Crippen molar-refractivity contribution in [3.8, 4) is 5.75 Å². The highest BCUT2D eigenvalue weighted by atomic mass is 32.1. The van der Waals surface area contributed by atoms with Crippen molar-refractivity contribution in [3.63, 3.8) is 0 Å². The zero-order chi connectivity index (χ0) is 24.0. The number of nitrogens with zero attached hydrogens (tertiary/aromatic N) is 3. The fraction of sp³-hybridized carbons (Fsp3) is 0.107. The standard InChI is InChI=1S/C28H24N4O2S/c1-20(27-31-30-26-14-5-6-15-32(26)27)29-28(33)24(25-13-8-16-35-25)18-22-11-7-12-23(17-22)34-19-21-9-3-2-4-10-21/h2-18,20H,19H2,1H3,(H,29,33)/b24-18+. The van der Waals surface area contributed by atoms with Crippen LogP contribution in [0.3, 0.4) is 0 Å². The average Bonchev–Trinajstić information content (AvgIpc) is 3.57. The SMILES string of the molecule is CC(NC(=O)/C(=C/c1cccc(OCc2ccccc2)c1)c1cccs1)c1nnc2ccccn12. The van der Waals surface area contributed by atoms with E-state index < -0.39 is 0 Å². The lowest BCUT2D eigenvalue weighted by atomic mass is 10.1. The van der Waals surface area contributed by atoms with Gasteiger partial charge in [-0.15, -0.1) is 21.5 Å². The highest BCUT2D eigenvalue weighted by Crippen LogP contribution is 2.26. The fourth-order valence-electron chi connectivity index (χ4n) is 3.78. The maximum absolute atomic E-state index is 13.4. The van der Waals surface area contributed by atoms with E-state index in [0.29, 0.717) is 18.0 Å². The van der Waals surface area contributed by atoms with Gasteiger partial charge in [0, 0.05) is 11.1 Å². The Morgan fingerprint density at radius 3 is 2.71 bits per heavy atom. The molecule has 2 aromatic carbocycles. The third-order valence-corrected chi connectivity index (χ3v) is 6.43. The molecule has 0 aliphatic carbocycles. The molecule has 1 amide bonds. The first-order chi connectivity index (χ1) is 17.2. The summed E-state index contributed by atoms with van der Waals surface area (Å²) in [5, 5.41) is 13.5. The number of ether oxygens (including phenoxy) is 1. The first-order valence-electron chi connectivity index (χ1n) is 11.3. The molecule has 1 unspecified atom stereocenters. The summed E-state index contributed by atoms with van der Waals surface area (Å²) in [6.45, 7) is 2.39. The van der Waals surface area contributed by atoms with Crippen LogP contribution in [-0.2, 0) is 11.4 Å². The lowest BCUT2D eigenvalue weighted by molar-refractivity contribution is -0.116. The summed E-state index contributed by atoms with van der Waals surface area (Å²) in [4.78, 5) is 14.3. The number of aromatic nitrogens is 3. The van der Waals surface area contributed by atoms with Crippen molar-refractivity contribution in [3.05, 3.63) is 118 Å². The van der Waals surface area contributed by atoms with Crippen LogP contribution in [0.1, 0.15) is 34.8 Å². The van der Waals surface area contributed by atoms with E-state index in [4.69, 9.17) is 4.74 Å². The molecule has 174 valence electrons. The molecule has 7 heteroatoms. The van der Waals surface area contributed by atoms with E-state index in [9.17, 15) is 4.79 Å². The van der Waals surface area contributed by atoms with Gasteiger partial charge < -0.3 is 10.1 Å². The normalized spacial score (nSPS) is 12.4. The molecule has 6 nitrogen and oxygen atoms in total. The summed E-state index contributed by atoms with van der Waals surface area (Å²) in [5.74, 6) is 1.25. The van der Waals surface area contributed by atoms with Gasteiger partial charge in [0.1, 0.15) is 12.4 Å². The smallest absolute Gasteiger partial charge is 0.253 e. The highest BCUT2D eigenvalue weighted by Gasteiger charge is 2.20. The van der Waals surface area contributed by atoms with Crippen molar-refractivity contribution >= 4 is 34.5 Å². The third kappa shape index (κ3) is 5.31. The maximum atomic E-state index is 13.4. The fourth-order valence-corrected chi connectivity index (χ4v) is 4.52. The van der Waals surface area contributed by atoms with E-state index in [1.165, 1.54) is 11.3 Å². The lowest BCUT2D eigenvalue weighted by Crippen LogP contribution is -2.28. The molecule has 0 saturated carbocycles. The highest BCUT2D eigenvalue weighted by molar-refractivity contribution is 7.11. The van der Waals surface area contributed by atoms with Gasteiger partial charge in [0.25, 0.3) is 5.91 Å². The first-order valence-corrected chi connectivity index (χ1v) is 12.2. The predicted octanol–water partition coefficient (Wildman–Crippen LogP) is 5.79. The lowest BCUT2D eigenvalue weighted by Gasteiger charge is -2.14. The molecule has 0 bridgehead atoms. The Balaban J connectivity index is 1.37. The van der Waals surface area contributed by atoms with Crippen molar-refractivity contribution in [2.45, 2.75) is 19.6 Å². The second kappa shape index (κ2) is 10.4. The number of fused-ring (bicyclic) bond motifs is 1. The Bertz CT molecular complexity index is 1460. The van der Waals surface area contributed by atoms with Crippen LogP contribution in [-0.4, -0.2) is 20.5 Å². The van der Waals surface area contributed by atoms with Crippen LogP contribution in [0.15, 0.2) is 96.5 Å². The Morgan fingerprint density at radius 1 is 1.03 bits per heavy atom. The number of rotatable bonds is 8. The number of pyridine rings is 1. The minimum Gasteiger partial charge on any atom is -0.489 e. The summed E-state index contributed by atoms with van der Waals surface area (Å²) in [7, 11) is 0. The maximum Gasteiger partial charge on any atom is 0.253 e. The molecule has 0 saturated heterocycles. The van der Waals surface area contributed by atoms with E-state index in [-0.39, 0.29) is 11.9 Å². The summed E-state index contributed by atoms with van der Waals surface area (Å²) in [6.07, 6.45) is 3.79. The van der Waals surface area contributed by atoms with Gasteiger partial charge in [-0.2, -0.15) is 0 Å². The zero-order valence-electron chi connectivity index (χ0n) is 19.2. The van der Waals surface area contributed by atoms with Crippen LogP contribution >= 0.6 is 11.3 Å². The number of hydrogen-bond acceptors (Lipinski definition) is 5. The van der Waals surface area contributed by atoms with Gasteiger partial charge in [0.05, 0.1) is 11.6 Å². The Labute approximate surface area is 207 Å². The average molecular weight is 481 g/mol. The van der Waals surface area contributed by atoms with Gasteiger partial charge in [0.15, 0.2) is 11.5 Å². The first kappa shape index (κ1) is 22.6. The largest absolute Gasteiger partial charge is 0.489 e. The molecule has 35 heavy (non-hydrogen) atoms. The summed E-state index contributed by atoms with van der Waals surface area (Å²) in [5.41, 5.74) is 3.31. The van der Waals surface area contributed by atoms with E-state index in [1.807, 2.05) is 114 Å². The molecule has 0 fully saturated rings. The minimum absolute atomic E-state index is 0.178. The van der Waals surface area contributed by atoms with Gasteiger partial charge in [-0.25, -0.2) is 0 Å².